The fraction of sp³-hybridized carbons (Fsp3) is 0.132. The molecule has 264 valence electrons. The Hall–Kier alpha value is -5.17. The predicted molar refractivity (Wildman–Crippen MR) is 190 cm³/mol. The Kier molecular flexibility index (Phi) is 11.2. The number of nitrogens with zero attached hydrogens (tertiary/aromatic N) is 1. The van der Waals surface area contributed by atoms with Gasteiger partial charge in [0.1, 0.15) is 21.6 Å². The highest BCUT2D eigenvalue weighted by Crippen LogP contribution is 2.34. The molecule has 1 amide bonds. The van der Waals surface area contributed by atoms with E-state index in [1.54, 1.807) is 60.7 Å². The predicted octanol–water partition coefficient (Wildman–Crippen LogP) is 8.62. The number of amides is 1. The zero-order valence-corrected chi connectivity index (χ0v) is 28.7. The van der Waals surface area contributed by atoms with Crippen LogP contribution in [-0.4, -0.2) is 39.8 Å². The van der Waals surface area contributed by atoms with Gasteiger partial charge in [-0.05, 0) is 88.6 Å². The highest BCUT2D eigenvalue weighted by molar-refractivity contribution is 8.02. The van der Waals surface area contributed by atoms with E-state index in [1.165, 1.54) is 54.8 Å². The number of rotatable bonds is 10. The van der Waals surface area contributed by atoms with E-state index < -0.39 is 45.2 Å². The molecular weight excluding hydrogens is 708 g/mol. The van der Waals surface area contributed by atoms with Crippen LogP contribution in [0.5, 0.6) is 0 Å². The van der Waals surface area contributed by atoms with E-state index in [2.05, 4.69) is 5.32 Å². The first kappa shape index (κ1) is 37.1. The van der Waals surface area contributed by atoms with Gasteiger partial charge in [-0.1, -0.05) is 78.3 Å². The maximum Gasteiger partial charge on any atom is 0.416 e. The summed E-state index contributed by atoms with van der Waals surface area (Å²) in [5.74, 6) is -2.20. The van der Waals surface area contributed by atoms with Crippen molar-refractivity contribution in [3.8, 4) is 22.3 Å². The number of carbonyl (C=O) groups excluding carboxylic acids is 2. The number of hydrogen-bond donors (Lipinski definition) is 2. The summed E-state index contributed by atoms with van der Waals surface area (Å²) in [5, 5.41) is 15.4. The van der Waals surface area contributed by atoms with Crippen molar-refractivity contribution in [3.63, 3.8) is 0 Å². The number of hydrogen-bond acceptors (Lipinski definition) is 5. The monoisotopic (exact) mass is 738 g/mol. The molecule has 2 unspecified atom stereocenters. The van der Waals surface area contributed by atoms with Gasteiger partial charge in [-0.2, -0.15) is 17.6 Å². The largest absolute Gasteiger partial charge is 0.467 e. The van der Waals surface area contributed by atoms with E-state index in [1.807, 2.05) is 0 Å². The van der Waals surface area contributed by atoms with Gasteiger partial charge in [0.2, 0.25) is 0 Å². The fourth-order valence-electron chi connectivity index (χ4n) is 5.33. The molecule has 2 atom stereocenters. The van der Waals surface area contributed by atoms with E-state index in [0.29, 0.717) is 26.7 Å². The molecule has 5 aromatic rings. The first-order valence-electron chi connectivity index (χ1n) is 15.4. The summed E-state index contributed by atoms with van der Waals surface area (Å²) in [5.41, 5.74) is 1.36. The lowest BCUT2D eigenvalue weighted by Gasteiger charge is -2.26. The second-order valence-electron chi connectivity index (χ2n) is 11.3. The van der Waals surface area contributed by atoms with Crippen LogP contribution in [0.3, 0.4) is 0 Å². The number of halogens is 5. The Morgan fingerprint density at radius 1 is 0.882 bits per heavy atom. The van der Waals surface area contributed by atoms with Gasteiger partial charge in [0.05, 0.1) is 33.8 Å². The van der Waals surface area contributed by atoms with Crippen LogP contribution in [0.1, 0.15) is 28.4 Å². The zero-order chi connectivity index (χ0) is 36.9. The van der Waals surface area contributed by atoms with E-state index in [-0.39, 0.29) is 27.6 Å². The van der Waals surface area contributed by atoms with Crippen LogP contribution in [0.25, 0.3) is 22.3 Å². The van der Waals surface area contributed by atoms with Crippen molar-refractivity contribution in [2.24, 2.45) is 0 Å². The molecule has 0 aromatic heterocycles. The number of nitrogens with one attached hydrogen (secondary N) is 1. The highest BCUT2D eigenvalue weighted by Gasteiger charge is 2.31. The molecule has 0 saturated heterocycles. The van der Waals surface area contributed by atoms with Crippen LogP contribution in [0.15, 0.2) is 120 Å². The van der Waals surface area contributed by atoms with Crippen LogP contribution < -0.4 is 9.79 Å². The standard InChI is InChI=1S/C38H31ClF4N2O5S/c1-3-51(49,30-7-5-4-6-8-30)45(48)35-20-16-27(26-13-17-29(18-14-26)38(41,42)43)22-31(35)36(46)44-34(37(47)50-2)21-24-9-11-25(12-10-24)28-15-19-33(40)32(39)23-28/h3-20,22-23,34,48H,21H2,1-2H3,(H,44,46). The molecule has 0 spiro atoms. The Morgan fingerprint density at radius 3 is 2.02 bits per heavy atom. The summed E-state index contributed by atoms with van der Waals surface area (Å²) in [7, 11) is -2.33. The van der Waals surface area contributed by atoms with Crippen LogP contribution in [-0.2, 0) is 31.8 Å². The number of anilines is 1. The normalized spacial score (nSPS) is 13.1. The molecule has 0 aliphatic rings. The van der Waals surface area contributed by atoms with Crippen molar-refractivity contribution < 1.29 is 41.3 Å². The molecule has 0 saturated carbocycles. The number of carbonyl (C=O) groups is 2. The van der Waals surface area contributed by atoms with E-state index in [0.717, 1.165) is 24.8 Å². The second-order valence-corrected chi connectivity index (χ2v) is 14.1. The van der Waals surface area contributed by atoms with Gasteiger partial charge in [0.15, 0.2) is 0 Å². The van der Waals surface area contributed by atoms with Gasteiger partial charge in [0.25, 0.3) is 5.91 Å². The average molecular weight is 739 g/mol. The molecule has 13 heteroatoms. The lowest BCUT2D eigenvalue weighted by atomic mass is 9.99. The maximum absolute atomic E-state index is 14.2. The Balaban J connectivity index is 1.51. The molecule has 0 heterocycles. The van der Waals surface area contributed by atoms with Crippen LogP contribution >= 0.6 is 11.6 Å². The van der Waals surface area contributed by atoms with Crippen molar-refractivity contribution in [1.82, 2.24) is 5.32 Å². The van der Waals surface area contributed by atoms with E-state index in [4.69, 9.17) is 16.3 Å². The van der Waals surface area contributed by atoms with Gasteiger partial charge in [-0.15, -0.1) is 0 Å². The highest BCUT2D eigenvalue weighted by atomic mass is 35.5. The number of alkyl halides is 3. The number of methoxy groups -OCH3 is 1. The SMILES string of the molecule is CC=S(=O)(c1ccccc1)N(O)c1ccc(-c2ccc(C(F)(F)F)cc2)cc1C(=O)NC(Cc1ccc(-c2ccc(F)c(Cl)c2)cc1)C(=O)OC. The molecule has 0 bridgehead atoms. The molecular formula is C38H31ClF4N2O5S. The van der Waals surface area contributed by atoms with Crippen molar-refractivity contribution in [1.29, 1.82) is 0 Å². The van der Waals surface area contributed by atoms with Crippen LogP contribution in [0, 0.1) is 5.82 Å². The first-order valence-corrected chi connectivity index (χ1v) is 17.3. The molecule has 7 nitrogen and oxygen atoms in total. The molecule has 0 radical (unpaired) electrons. The fourth-order valence-corrected chi connectivity index (χ4v) is 7.18. The van der Waals surface area contributed by atoms with Gasteiger partial charge in [-0.25, -0.2) is 13.4 Å². The lowest BCUT2D eigenvalue weighted by Crippen LogP contribution is -2.43. The molecule has 51 heavy (non-hydrogen) atoms. The first-order chi connectivity index (χ1) is 24.2. The summed E-state index contributed by atoms with van der Waals surface area (Å²) in [4.78, 5) is 27.3. The number of benzene rings is 5. The van der Waals surface area contributed by atoms with Crippen molar-refractivity contribution in [3.05, 3.63) is 143 Å². The quantitative estimate of drug-likeness (QED) is 0.0648. The molecule has 2 N–H and O–H groups in total. The summed E-state index contributed by atoms with van der Waals surface area (Å²) >= 11 is 5.93. The second kappa shape index (κ2) is 15.4. The van der Waals surface area contributed by atoms with Crippen molar-refractivity contribution in [2.45, 2.75) is 30.5 Å². The Bertz CT molecular complexity index is 2170. The minimum atomic E-state index is -4.56. The van der Waals surface area contributed by atoms with Crippen molar-refractivity contribution in [2.75, 3.05) is 11.6 Å². The van der Waals surface area contributed by atoms with Gasteiger partial charge in [-0.3, -0.25) is 10.0 Å². The summed E-state index contributed by atoms with van der Waals surface area (Å²) in [6.07, 6.45) is -4.58. The van der Waals surface area contributed by atoms with E-state index >= 15 is 0 Å². The maximum atomic E-state index is 14.2. The summed E-state index contributed by atoms with van der Waals surface area (Å²) in [6.45, 7) is 1.48. The van der Waals surface area contributed by atoms with Crippen LogP contribution in [0.2, 0.25) is 5.02 Å². The van der Waals surface area contributed by atoms with Crippen LogP contribution in [0.4, 0.5) is 23.2 Å². The zero-order valence-electron chi connectivity index (χ0n) is 27.2. The smallest absolute Gasteiger partial charge is 0.416 e. The topological polar surface area (TPSA) is 95.9 Å². The number of ether oxygens (including phenoxy) is 1. The van der Waals surface area contributed by atoms with Gasteiger partial charge >= 0.3 is 12.1 Å². The minimum Gasteiger partial charge on any atom is -0.467 e. The summed E-state index contributed by atoms with van der Waals surface area (Å²) in [6, 6.07) is 26.4. The van der Waals surface area contributed by atoms with Gasteiger partial charge < -0.3 is 10.1 Å². The summed E-state index contributed by atoms with van der Waals surface area (Å²) < 4.78 is 73.0. The molecule has 5 rings (SSSR count). The molecule has 0 aliphatic heterocycles. The molecule has 0 aliphatic carbocycles. The number of esters is 1. The molecule has 5 aromatic carbocycles. The Morgan fingerprint density at radius 2 is 1.45 bits per heavy atom. The average Bonchev–Trinajstić information content (AvgIpc) is 3.14. The third-order valence-corrected chi connectivity index (χ3v) is 10.7. The third-order valence-electron chi connectivity index (χ3n) is 8.09. The van der Waals surface area contributed by atoms with Crippen molar-refractivity contribution >= 4 is 44.2 Å². The third kappa shape index (κ3) is 8.25. The lowest BCUT2D eigenvalue weighted by molar-refractivity contribution is -0.143. The van der Waals surface area contributed by atoms with Gasteiger partial charge in [0, 0.05) is 6.42 Å². The van der Waals surface area contributed by atoms with E-state index in [9.17, 15) is 36.6 Å². The molecule has 0 fully saturated rings. The minimum absolute atomic E-state index is 0.0247. The Labute approximate surface area is 297 Å².